The van der Waals surface area contributed by atoms with E-state index in [-0.39, 0.29) is 5.92 Å². The van der Waals surface area contributed by atoms with Gasteiger partial charge in [0.1, 0.15) is 0 Å². The minimum atomic E-state index is -0.683. The zero-order valence-electron chi connectivity index (χ0n) is 13.0. The molecule has 5 nitrogen and oxygen atoms in total. The molecule has 1 saturated heterocycles. The highest BCUT2D eigenvalue weighted by molar-refractivity contribution is 5.71. The molecule has 2 N–H and O–H groups in total. The van der Waals surface area contributed by atoms with Crippen LogP contribution >= 0.6 is 0 Å². The van der Waals surface area contributed by atoms with E-state index in [0.717, 1.165) is 30.2 Å². The van der Waals surface area contributed by atoms with Gasteiger partial charge in [-0.3, -0.25) is 9.89 Å². The van der Waals surface area contributed by atoms with Crippen LogP contribution in [0.5, 0.6) is 0 Å². The summed E-state index contributed by atoms with van der Waals surface area (Å²) in [7, 11) is 0. The number of anilines is 1. The highest BCUT2D eigenvalue weighted by Gasteiger charge is 2.25. The van der Waals surface area contributed by atoms with Gasteiger partial charge in [-0.15, -0.1) is 0 Å². The molecule has 22 heavy (non-hydrogen) atoms. The van der Waals surface area contributed by atoms with Crippen molar-refractivity contribution in [3.63, 3.8) is 0 Å². The highest BCUT2D eigenvalue weighted by Crippen LogP contribution is 2.28. The average molecular weight is 299 g/mol. The average Bonchev–Trinajstić information content (AvgIpc) is 2.97. The van der Waals surface area contributed by atoms with Crippen molar-refractivity contribution in [2.24, 2.45) is 5.92 Å². The van der Waals surface area contributed by atoms with Gasteiger partial charge in [0, 0.05) is 24.7 Å². The van der Waals surface area contributed by atoms with E-state index in [2.05, 4.69) is 53.2 Å². The van der Waals surface area contributed by atoms with Gasteiger partial charge in [0.2, 0.25) is 0 Å². The van der Waals surface area contributed by atoms with Crippen molar-refractivity contribution < 1.29 is 9.90 Å². The van der Waals surface area contributed by atoms with Crippen LogP contribution in [-0.4, -0.2) is 34.4 Å². The molecule has 1 aromatic heterocycles. The summed E-state index contributed by atoms with van der Waals surface area (Å²) in [6, 6.07) is 8.42. The fraction of sp³-hybridized carbons (Fsp3) is 0.412. The second-order valence-corrected chi connectivity index (χ2v) is 6.06. The van der Waals surface area contributed by atoms with E-state index in [1.165, 1.54) is 11.1 Å². The number of benzene rings is 1. The first-order chi connectivity index (χ1) is 10.5. The molecule has 1 aliphatic heterocycles. The number of aryl methyl sites for hydroxylation is 2. The number of nitrogens with zero attached hydrogens (tertiary/aromatic N) is 2. The summed E-state index contributed by atoms with van der Waals surface area (Å²) in [5.74, 6) is 0.00506. The van der Waals surface area contributed by atoms with Gasteiger partial charge >= 0.3 is 5.97 Å². The number of hydrogen-bond acceptors (Lipinski definition) is 3. The van der Waals surface area contributed by atoms with Gasteiger partial charge < -0.3 is 10.0 Å². The Bertz CT molecular complexity index is 685. The summed E-state index contributed by atoms with van der Waals surface area (Å²) in [5, 5.41) is 16.6. The topological polar surface area (TPSA) is 69.2 Å². The molecule has 3 rings (SSSR count). The highest BCUT2D eigenvalue weighted by atomic mass is 16.4. The Morgan fingerprint density at radius 3 is 2.64 bits per heavy atom. The van der Waals surface area contributed by atoms with E-state index in [1.54, 1.807) is 0 Å². The molecular formula is C17H21N3O2. The lowest BCUT2D eigenvalue weighted by atomic mass is 9.97. The number of aromatic amines is 1. The lowest BCUT2D eigenvalue weighted by Gasteiger charge is -2.29. The van der Waals surface area contributed by atoms with E-state index in [4.69, 9.17) is 5.11 Å². The van der Waals surface area contributed by atoms with Crippen LogP contribution in [0.1, 0.15) is 24.0 Å². The number of aromatic nitrogens is 2. The standard InChI is InChI=1S/C17H21N3O2/c1-11-3-4-14(12(2)9-11)15-10-16(19-18-15)20-7-5-13(6-8-20)17(21)22/h3-4,9-10,13H,5-8H2,1-2H3,(H,18,19)(H,21,22). The Morgan fingerprint density at radius 2 is 2.00 bits per heavy atom. The second kappa shape index (κ2) is 5.83. The van der Waals surface area contributed by atoms with Crippen LogP contribution in [0, 0.1) is 19.8 Å². The number of carboxylic acid groups (broad SMARTS) is 1. The van der Waals surface area contributed by atoms with Crippen LogP contribution in [0.3, 0.4) is 0 Å². The number of H-pyrrole nitrogens is 1. The molecular weight excluding hydrogens is 278 g/mol. The zero-order chi connectivity index (χ0) is 15.7. The quantitative estimate of drug-likeness (QED) is 0.914. The summed E-state index contributed by atoms with van der Waals surface area (Å²) in [6.07, 6.45) is 1.36. The van der Waals surface area contributed by atoms with Gasteiger partial charge in [-0.05, 0) is 32.3 Å². The maximum Gasteiger partial charge on any atom is 0.306 e. The van der Waals surface area contributed by atoms with Crippen molar-refractivity contribution in [1.82, 2.24) is 10.2 Å². The third-order valence-electron chi connectivity index (χ3n) is 4.40. The van der Waals surface area contributed by atoms with E-state index in [9.17, 15) is 4.79 Å². The summed E-state index contributed by atoms with van der Waals surface area (Å²) >= 11 is 0. The van der Waals surface area contributed by atoms with E-state index in [1.807, 2.05) is 0 Å². The van der Waals surface area contributed by atoms with Gasteiger partial charge in [0.25, 0.3) is 0 Å². The SMILES string of the molecule is Cc1ccc(-c2cc(N3CCC(C(=O)O)CC3)n[nH]2)c(C)c1. The maximum atomic E-state index is 11.0. The van der Waals surface area contributed by atoms with Crippen LogP contribution in [0.15, 0.2) is 24.3 Å². The first-order valence-electron chi connectivity index (χ1n) is 7.65. The van der Waals surface area contributed by atoms with Gasteiger partial charge in [0.15, 0.2) is 5.82 Å². The molecule has 2 heterocycles. The van der Waals surface area contributed by atoms with Crippen LogP contribution in [0.2, 0.25) is 0 Å². The molecule has 0 spiro atoms. The summed E-state index contributed by atoms with van der Waals surface area (Å²) < 4.78 is 0. The summed E-state index contributed by atoms with van der Waals surface area (Å²) in [6.45, 7) is 5.67. The lowest BCUT2D eigenvalue weighted by molar-refractivity contribution is -0.142. The number of nitrogens with one attached hydrogen (secondary N) is 1. The van der Waals surface area contributed by atoms with Crippen molar-refractivity contribution in [2.75, 3.05) is 18.0 Å². The lowest BCUT2D eigenvalue weighted by Crippen LogP contribution is -2.36. The van der Waals surface area contributed by atoms with Crippen LogP contribution in [0.4, 0.5) is 5.82 Å². The number of carbonyl (C=O) groups is 1. The normalized spacial score (nSPS) is 16.0. The summed E-state index contributed by atoms with van der Waals surface area (Å²) in [4.78, 5) is 13.2. The fourth-order valence-corrected chi connectivity index (χ4v) is 3.08. The molecule has 0 aliphatic carbocycles. The molecule has 0 atom stereocenters. The zero-order valence-corrected chi connectivity index (χ0v) is 13.0. The summed E-state index contributed by atoms with van der Waals surface area (Å²) in [5.41, 5.74) is 4.63. The monoisotopic (exact) mass is 299 g/mol. The molecule has 0 bridgehead atoms. The van der Waals surface area contributed by atoms with Crippen LogP contribution < -0.4 is 4.90 Å². The van der Waals surface area contributed by atoms with Gasteiger partial charge in [-0.25, -0.2) is 0 Å². The molecule has 1 aliphatic rings. The molecule has 0 saturated carbocycles. The molecule has 1 aromatic carbocycles. The predicted molar refractivity (Wildman–Crippen MR) is 86.1 cm³/mol. The largest absolute Gasteiger partial charge is 0.481 e. The second-order valence-electron chi connectivity index (χ2n) is 6.06. The number of carboxylic acids is 1. The van der Waals surface area contributed by atoms with E-state index in [0.29, 0.717) is 12.8 Å². The van der Waals surface area contributed by atoms with Gasteiger partial charge in [0.05, 0.1) is 11.6 Å². The van der Waals surface area contributed by atoms with Crippen molar-refractivity contribution in [1.29, 1.82) is 0 Å². The molecule has 116 valence electrons. The van der Waals surface area contributed by atoms with Crippen molar-refractivity contribution in [2.45, 2.75) is 26.7 Å². The molecule has 0 unspecified atom stereocenters. The van der Waals surface area contributed by atoms with E-state index >= 15 is 0 Å². The minimum Gasteiger partial charge on any atom is -0.481 e. The Labute approximate surface area is 130 Å². The molecule has 0 amide bonds. The van der Waals surface area contributed by atoms with Gasteiger partial charge in [-0.1, -0.05) is 23.8 Å². The number of hydrogen-bond donors (Lipinski definition) is 2. The fourth-order valence-electron chi connectivity index (χ4n) is 3.08. The Hall–Kier alpha value is -2.30. The van der Waals surface area contributed by atoms with Gasteiger partial charge in [-0.2, -0.15) is 5.10 Å². The number of rotatable bonds is 3. The number of piperidine rings is 1. The first-order valence-corrected chi connectivity index (χ1v) is 7.65. The van der Waals surface area contributed by atoms with Crippen LogP contribution in [-0.2, 0) is 4.79 Å². The molecule has 2 aromatic rings. The molecule has 5 heteroatoms. The Morgan fingerprint density at radius 1 is 1.27 bits per heavy atom. The Balaban J connectivity index is 1.76. The third-order valence-corrected chi connectivity index (χ3v) is 4.40. The maximum absolute atomic E-state index is 11.0. The van der Waals surface area contributed by atoms with Crippen molar-refractivity contribution in [3.05, 3.63) is 35.4 Å². The number of aliphatic carboxylic acids is 1. The first kappa shape index (κ1) is 14.6. The van der Waals surface area contributed by atoms with E-state index < -0.39 is 5.97 Å². The predicted octanol–water partition coefficient (Wildman–Crippen LogP) is 2.99. The van der Waals surface area contributed by atoms with Crippen LogP contribution in [0.25, 0.3) is 11.3 Å². The van der Waals surface area contributed by atoms with Crippen molar-refractivity contribution in [3.8, 4) is 11.3 Å². The molecule has 0 radical (unpaired) electrons. The smallest absolute Gasteiger partial charge is 0.306 e. The minimum absolute atomic E-state index is 0.214. The van der Waals surface area contributed by atoms with Crippen molar-refractivity contribution >= 4 is 11.8 Å². The molecule has 1 fully saturated rings. The third kappa shape index (κ3) is 2.84. The Kier molecular flexibility index (Phi) is 3.88.